The lowest BCUT2D eigenvalue weighted by atomic mass is 10.4. The summed E-state index contributed by atoms with van der Waals surface area (Å²) in [6, 6.07) is 0. The largest absolute Gasteiger partial charge is 0.382 e. The van der Waals surface area contributed by atoms with Gasteiger partial charge >= 0.3 is 0 Å². The number of hydrogen-bond donors (Lipinski definition) is 1. The van der Waals surface area contributed by atoms with Crippen LogP contribution < -0.4 is 5.73 Å². The fraction of sp³-hybridized carbons (Fsp3) is 0.333. The van der Waals surface area contributed by atoms with Crippen LogP contribution in [-0.2, 0) is 4.74 Å². The predicted molar refractivity (Wildman–Crippen MR) is 57.9 cm³/mol. The minimum atomic E-state index is 0.486. The number of nitrogen functional groups attached to an aromatic ring is 1. The molecule has 2 aromatic rings. The first-order valence-electron chi connectivity index (χ1n) is 4.66. The summed E-state index contributed by atoms with van der Waals surface area (Å²) in [6.45, 7) is 1.57. The minimum Gasteiger partial charge on any atom is -0.382 e. The predicted octanol–water partition coefficient (Wildman–Crippen LogP) is 0.802. The highest BCUT2D eigenvalue weighted by atomic mass is 32.2. The van der Waals surface area contributed by atoms with Gasteiger partial charge in [0, 0.05) is 12.4 Å². The normalized spacial score (nSPS) is 16.8. The molecule has 0 aliphatic carbocycles. The number of aromatic nitrogens is 3. The average Bonchev–Trinajstić information content (AvgIpc) is 2.58. The molecule has 3 rings (SSSR count). The molecule has 3 heterocycles. The third-order valence-corrected chi connectivity index (χ3v) is 3.35. The van der Waals surface area contributed by atoms with Crippen LogP contribution >= 0.6 is 11.8 Å². The summed E-state index contributed by atoms with van der Waals surface area (Å²) in [4.78, 5) is 8.55. The van der Waals surface area contributed by atoms with E-state index in [1.165, 1.54) is 0 Å². The maximum absolute atomic E-state index is 5.71. The Morgan fingerprint density at radius 3 is 3.13 bits per heavy atom. The van der Waals surface area contributed by atoms with E-state index in [4.69, 9.17) is 10.5 Å². The number of thioether (sulfide) groups is 1. The molecule has 15 heavy (non-hydrogen) atoms. The molecule has 0 unspecified atom stereocenters. The van der Waals surface area contributed by atoms with Crippen molar-refractivity contribution in [2.24, 2.45) is 0 Å². The number of ether oxygens (including phenoxy) is 1. The van der Waals surface area contributed by atoms with Crippen molar-refractivity contribution >= 4 is 23.2 Å². The summed E-state index contributed by atoms with van der Waals surface area (Å²) < 4.78 is 7.02. The molecule has 78 valence electrons. The van der Waals surface area contributed by atoms with Crippen LogP contribution in [0.4, 0.5) is 5.82 Å². The molecular formula is C9H10N4OS. The SMILES string of the molecule is Nc1cn2ccnc2c(SC2COC2)n1. The molecule has 1 aliphatic heterocycles. The van der Waals surface area contributed by atoms with Crippen molar-refractivity contribution in [3.8, 4) is 0 Å². The van der Waals surface area contributed by atoms with E-state index in [-0.39, 0.29) is 0 Å². The molecule has 2 aromatic heterocycles. The van der Waals surface area contributed by atoms with Crippen molar-refractivity contribution < 1.29 is 4.74 Å². The van der Waals surface area contributed by atoms with E-state index in [0.717, 1.165) is 23.9 Å². The Morgan fingerprint density at radius 1 is 1.53 bits per heavy atom. The smallest absolute Gasteiger partial charge is 0.169 e. The maximum atomic E-state index is 5.71. The van der Waals surface area contributed by atoms with Gasteiger partial charge in [-0.2, -0.15) is 0 Å². The fourth-order valence-corrected chi connectivity index (χ4v) is 2.51. The molecule has 1 saturated heterocycles. The van der Waals surface area contributed by atoms with Crippen LogP contribution in [0, 0.1) is 0 Å². The summed E-state index contributed by atoms with van der Waals surface area (Å²) >= 11 is 1.68. The van der Waals surface area contributed by atoms with Gasteiger partial charge in [-0.15, -0.1) is 0 Å². The van der Waals surface area contributed by atoms with E-state index in [1.807, 2.05) is 10.6 Å². The third kappa shape index (κ3) is 1.55. The molecular weight excluding hydrogens is 212 g/mol. The standard InChI is InChI=1S/C9H10N4OS/c10-7-3-13-2-1-11-8(13)9(12-7)15-6-4-14-5-6/h1-3,6H,4-5,10H2. The molecule has 0 radical (unpaired) electrons. The minimum absolute atomic E-state index is 0.486. The van der Waals surface area contributed by atoms with Crippen LogP contribution in [0.1, 0.15) is 0 Å². The molecule has 5 nitrogen and oxygen atoms in total. The van der Waals surface area contributed by atoms with Crippen molar-refractivity contribution in [2.75, 3.05) is 18.9 Å². The molecule has 0 saturated carbocycles. The van der Waals surface area contributed by atoms with E-state index in [9.17, 15) is 0 Å². The Labute approximate surface area is 90.7 Å². The van der Waals surface area contributed by atoms with E-state index in [1.54, 1.807) is 24.2 Å². The van der Waals surface area contributed by atoms with Crippen molar-refractivity contribution in [1.29, 1.82) is 0 Å². The van der Waals surface area contributed by atoms with Gasteiger partial charge in [-0.25, -0.2) is 9.97 Å². The lowest BCUT2D eigenvalue weighted by Crippen LogP contribution is -2.30. The van der Waals surface area contributed by atoms with E-state index in [2.05, 4.69) is 9.97 Å². The fourth-order valence-electron chi connectivity index (χ4n) is 1.44. The quantitative estimate of drug-likeness (QED) is 0.814. The highest BCUT2D eigenvalue weighted by molar-refractivity contribution is 8.00. The highest BCUT2D eigenvalue weighted by Gasteiger charge is 2.22. The summed E-state index contributed by atoms with van der Waals surface area (Å²) in [5.74, 6) is 0.517. The van der Waals surface area contributed by atoms with Gasteiger partial charge in [-0.3, -0.25) is 0 Å². The van der Waals surface area contributed by atoms with Gasteiger partial charge in [0.1, 0.15) is 10.8 Å². The van der Waals surface area contributed by atoms with Crippen molar-refractivity contribution in [1.82, 2.24) is 14.4 Å². The lowest BCUT2D eigenvalue weighted by molar-refractivity contribution is 0.0455. The maximum Gasteiger partial charge on any atom is 0.169 e. The second kappa shape index (κ2) is 3.39. The molecule has 0 aromatic carbocycles. The third-order valence-electron chi connectivity index (χ3n) is 2.25. The molecule has 1 fully saturated rings. The summed E-state index contributed by atoms with van der Waals surface area (Å²) in [7, 11) is 0. The number of rotatable bonds is 2. The van der Waals surface area contributed by atoms with Crippen LogP contribution in [0.5, 0.6) is 0 Å². The van der Waals surface area contributed by atoms with Gasteiger partial charge in [-0.1, -0.05) is 11.8 Å². The number of hydrogen-bond acceptors (Lipinski definition) is 5. The number of imidazole rings is 1. The van der Waals surface area contributed by atoms with Crippen molar-refractivity contribution in [3.05, 3.63) is 18.6 Å². The second-order valence-corrected chi connectivity index (χ2v) is 4.70. The summed E-state index contributed by atoms with van der Waals surface area (Å²) in [6.07, 6.45) is 5.39. The van der Waals surface area contributed by atoms with E-state index in [0.29, 0.717) is 11.1 Å². The van der Waals surface area contributed by atoms with Crippen molar-refractivity contribution in [2.45, 2.75) is 10.3 Å². The zero-order chi connectivity index (χ0) is 10.3. The van der Waals surface area contributed by atoms with E-state index >= 15 is 0 Å². The van der Waals surface area contributed by atoms with Crippen LogP contribution in [-0.4, -0.2) is 32.8 Å². The number of nitrogens with zero attached hydrogens (tertiary/aromatic N) is 3. The van der Waals surface area contributed by atoms with Crippen LogP contribution in [0.25, 0.3) is 5.65 Å². The highest BCUT2D eigenvalue weighted by Crippen LogP contribution is 2.29. The van der Waals surface area contributed by atoms with Crippen LogP contribution in [0.15, 0.2) is 23.6 Å². The van der Waals surface area contributed by atoms with Gasteiger partial charge in [-0.05, 0) is 0 Å². The number of nitrogens with two attached hydrogens (primary N) is 1. The molecule has 0 atom stereocenters. The monoisotopic (exact) mass is 222 g/mol. The Kier molecular flexibility index (Phi) is 2.03. The topological polar surface area (TPSA) is 65.4 Å². The van der Waals surface area contributed by atoms with Crippen molar-refractivity contribution in [3.63, 3.8) is 0 Å². The zero-order valence-corrected chi connectivity index (χ0v) is 8.78. The summed E-state index contributed by atoms with van der Waals surface area (Å²) in [5, 5.41) is 1.37. The van der Waals surface area contributed by atoms with Crippen LogP contribution in [0.3, 0.4) is 0 Å². The molecule has 6 heteroatoms. The van der Waals surface area contributed by atoms with Gasteiger partial charge in [0.05, 0.1) is 24.7 Å². The number of anilines is 1. The van der Waals surface area contributed by atoms with Gasteiger partial charge < -0.3 is 14.9 Å². The molecule has 0 bridgehead atoms. The first-order chi connectivity index (χ1) is 7.33. The first-order valence-corrected chi connectivity index (χ1v) is 5.54. The van der Waals surface area contributed by atoms with Gasteiger partial charge in [0.15, 0.2) is 5.65 Å². The Bertz CT molecular complexity index is 494. The van der Waals surface area contributed by atoms with Gasteiger partial charge in [0.25, 0.3) is 0 Å². The Hall–Kier alpha value is -1.27. The molecule has 0 amide bonds. The van der Waals surface area contributed by atoms with Crippen LogP contribution in [0.2, 0.25) is 0 Å². The average molecular weight is 222 g/mol. The zero-order valence-electron chi connectivity index (χ0n) is 7.96. The second-order valence-electron chi connectivity index (χ2n) is 3.41. The van der Waals surface area contributed by atoms with E-state index < -0.39 is 0 Å². The van der Waals surface area contributed by atoms with Gasteiger partial charge in [0.2, 0.25) is 0 Å². The molecule has 0 spiro atoms. The lowest BCUT2D eigenvalue weighted by Gasteiger charge is -2.24. The molecule has 2 N–H and O–H groups in total. The molecule has 1 aliphatic rings. The Morgan fingerprint density at radius 2 is 2.40 bits per heavy atom. The first kappa shape index (κ1) is 8.99. The summed E-state index contributed by atoms with van der Waals surface area (Å²) in [5.41, 5.74) is 6.58. The number of fused-ring (bicyclic) bond motifs is 1. The Balaban J connectivity index is 2.02.